The first-order valence-corrected chi connectivity index (χ1v) is 11.2. The fourth-order valence-corrected chi connectivity index (χ4v) is 8.53. The molecule has 99 valence electrons. The molecule has 2 nitrogen and oxygen atoms in total. The molecule has 0 fully saturated rings. The van der Waals surface area contributed by atoms with Crippen LogP contribution in [0.5, 0.6) is 0 Å². The van der Waals surface area contributed by atoms with Crippen molar-refractivity contribution in [2.45, 2.75) is 18.3 Å². The molecule has 19 heavy (non-hydrogen) atoms. The first-order valence-electron chi connectivity index (χ1n) is 6.31. The van der Waals surface area contributed by atoms with Crippen LogP contribution < -0.4 is 7.16 Å². The maximum absolute atomic E-state index is 9.00. The van der Waals surface area contributed by atoms with Crippen LogP contribution in [-0.4, -0.2) is 30.8 Å². The molecule has 0 aromatic heterocycles. The van der Waals surface area contributed by atoms with Crippen LogP contribution in [0.2, 0.25) is 4.44 Å². The molecule has 0 amide bonds. The Morgan fingerprint density at radius 1 is 0.947 bits per heavy atom. The molecule has 0 spiro atoms. The van der Waals surface area contributed by atoms with Gasteiger partial charge in [-0.25, -0.2) is 0 Å². The molecule has 1 radical (unpaired) electrons. The minimum absolute atomic E-state index is 0.833. The van der Waals surface area contributed by atoms with Crippen LogP contribution in [0.1, 0.15) is 13.8 Å². The zero-order valence-electron chi connectivity index (χ0n) is 11.3. The monoisotopic (exact) mass is 363 g/mol. The number of carbonyl (C=O) groups is 1. The third-order valence-corrected chi connectivity index (χ3v) is 10.5. The molecule has 2 aromatic rings. The Labute approximate surface area is 121 Å². The average Bonchev–Trinajstić information content (AvgIpc) is 2.41. The van der Waals surface area contributed by atoms with E-state index in [4.69, 9.17) is 9.90 Å². The summed E-state index contributed by atoms with van der Waals surface area (Å²) in [7, 11) is 0. The van der Waals surface area contributed by atoms with Crippen LogP contribution in [0.15, 0.2) is 60.7 Å². The van der Waals surface area contributed by atoms with Crippen LogP contribution >= 0.6 is 0 Å². The second-order valence-electron chi connectivity index (χ2n) is 4.08. The number of aliphatic carboxylic acids is 1. The van der Waals surface area contributed by atoms with E-state index < -0.39 is 25.7 Å². The average molecular weight is 362 g/mol. The summed E-state index contributed by atoms with van der Waals surface area (Å²) in [5, 5.41) is 7.42. The molecule has 2 rings (SSSR count). The van der Waals surface area contributed by atoms with Crippen molar-refractivity contribution in [3.05, 3.63) is 60.7 Å². The van der Waals surface area contributed by atoms with Crippen molar-refractivity contribution in [2.75, 3.05) is 0 Å². The molecule has 0 bridgehead atoms. The molecule has 0 heterocycles. The Kier molecular flexibility index (Phi) is 7.26. The zero-order chi connectivity index (χ0) is 14.1. The van der Waals surface area contributed by atoms with Crippen molar-refractivity contribution in [2.24, 2.45) is 0 Å². The Morgan fingerprint density at radius 3 is 1.53 bits per heavy atom. The summed E-state index contributed by atoms with van der Waals surface area (Å²) in [6.45, 7) is 3.41. The third kappa shape index (κ3) is 5.92. The van der Waals surface area contributed by atoms with E-state index in [2.05, 4.69) is 67.6 Å². The summed E-state index contributed by atoms with van der Waals surface area (Å²) in [5.41, 5.74) is 0. The van der Waals surface area contributed by atoms with Gasteiger partial charge in [0.15, 0.2) is 0 Å². The number of carboxylic acids is 1. The maximum atomic E-state index is 9.00. The topological polar surface area (TPSA) is 37.3 Å². The van der Waals surface area contributed by atoms with E-state index in [9.17, 15) is 0 Å². The van der Waals surface area contributed by atoms with Crippen molar-refractivity contribution < 1.29 is 9.90 Å². The molecule has 0 aliphatic carbocycles. The summed E-state index contributed by atoms with van der Waals surface area (Å²) in [5.74, 6) is -0.833. The van der Waals surface area contributed by atoms with Gasteiger partial charge >= 0.3 is 98.9 Å². The quantitative estimate of drug-likeness (QED) is 0.852. The van der Waals surface area contributed by atoms with Crippen LogP contribution in [0.3, 0.4) is 0 Å². The van der Waals surface area contributed by atoms with Gasteiger partial charge < -0.3 is 5.11 Å². The van der Waals surface area contributed by atoms with Gasteiger partial charge in [-0.1, -0.05) is 0 Å². The molecular formula is C16H19O2Sn. The van der Waals surface area contributed by atoms with Gasteiger partial charge in [0.1, 0.15) is 0 Å². The van der Waals surface area contributed by atoms with Crippen molar-refractivity contribution in [3.63, 3.8) is 0 Å². The van der Waals surface area contributed by atoms with E-state index in [1.165, 1.54) is 4.44 Å². The van der Waals surface area contributed by atoms with Gasteiger partial charge in [-0.15, -0.1) is 0 Å². The van der Waals surface area contributed by atoms with E-state index >= 15 is 0 Å². The molecular weight excluding hydrogens is 343 g/mol. The summed E-state index contributed by atoms with van der Waals surface area (Å²) in [6, 6.07) is 22.0. The second kappa shape index (κ2) is 8.75. The first-order chi connectivity index (χ1) is 9.15. The SMILES string of the molecule is CC(=O)O.C[CH2][Sn]([c]1ccccc1)[c]1ccccc1. The Morgan fingerprint density at radius 2 is 1.26 bits per heavy atom. The summed E-state index contributed by atoms with van der Waals surface area (Å²) >= 11 is -1.54. The predicted molar refractivity (Wildman–Crippen MR) is 81.7 cm³/mol. The summed E-state index contributed by atoms with van der Waals surface area (Å²) in [6.07, 6.45) is 0. The van der Waals surface area contributed by atoms with E-state index in [0.29, 0.717) is 0 Å². The molecule has 0 aliphatic heterocycles. The van der Waals surface area contributed by atoms with Gasteiger partial charge in [0.05, 0.1) is 0 Å². The van der Waals surface area contributed by atoms with Gasteiger partial charge in [0.25, 0.3) is 5.97 Å². The minimum atomic E-state index is -1.54. The van der Waals surface area contributed by atoms with Gasteiger partial charge in [-0.05, 0) is 0 Å². The second-order valence-corrected chi connectivity index (χ2v) is 12.1. The van der Waals surface area contributed by atoms with Crippen molar-refractivity contribution in [1.29, 1.82) is 0 Å². The molecule has 0 saturated heterocycles. The molecule has 0 aliphatic rings. The van der Waals surface area contributed by atoms with Gasteiger partial charge in [-0.3, -0.25) is 4.79 Å². The molecule has 0 unspecified atom stereocenters. The molecule has 0 atom stereocenters. The molecule has 2 aromatic carbocycles. The summed E-state index contributed by atoms with van der Waals surface area (Å²) < 4.78 is 4.55. The van der Waals surface area contributed by atoms with Gasteiger partial charge in [0, 0.05) is 6.92 Å². The van der Waals surface area contributed by atoms with E-state index in [1.54, 1.807) is 7.16 Å². The number of rotatable bonds is 3. The normalized spacial score (nSPS) is 9.63. The van der Waals surface area contributed by atoms with E-state index in [0.717, 1.165) is 6.92 Å². The number of benzene rings is 2. The Bertz CT molecular complexity index is 439. The first kappa shape index (κ1) is 15.8. The molecule has 0 saturated carbocycles. The zero-order valence-corrected chi connectivity index (χ0v) is 14.2. The van der Waals surface area contributed by atoms with Crippen LogP contribution in [-0.2, 0) is 4.79 Å². The van der Waals surface area contributed by atoms with Crippen LogP contribution in [0.25, 0.3) is 0 Å². The van der Waals surface area contributed by atoms with Crippen molar-refractivity contribution >= 4 is 32.9 Å². The van der Waals surface area contributed by atoms with Crippen molar-refractivity contribution in [1.82, 2.24) is 0 Å². The van der Waals surface area contributed by atoms with E-state index in [-0.39, 0.29) is 0 Å². The van der Waals surface area contributed by atoms with E-state index in [1.807, 2.05) is 0 Å². The van der Waals surface area contributed by atoms with Gasteiger partial charge in [-0.2, -0.15) is 0 Å². The number of carboxylic acid groups (broad SMARTS) is 1. The number of hydrogen-bond donors (Lipinski definition) is 1. The van der Waals surface area contributed by atoms with Crippen LogP contribution in [0.4, 0.5) is 0 Å². The fourth-order valence-electron chi connectivity index (χ4n) is 1.85. The standard InChI is InChI=1S/2C6H5.C2H4O2.C2H5.Sn/c2*1-2-4-6-5-3-1;1-2(3)4;1-2;/h2*1-5H;1H3,(H,3,4);1H2,2H3;. The Hall–Kier alpha value is -1.29. The predicted octanol–water partition coefficient (Wildman–Crippen LogP) is 2.41. The summed E-state index contributed by atoms with van der Waals surface area (Å²) in [4.78, 5) is 9.00. The molecule has 3 heteroatoms. The Balaban J connectivity index is 0.000000399. The number of hydrogen-bond acceptors (Lipinski definition) is 1. The third-order valence-electron chi connectivity index (χ3n) is 2.60. The molecule has 1 N–H and O–H groups in total. The fraction of sp³-hybridized carbons (Fsp3) is 0.188. The van der Waals surface area contributed by atoms with Crippen LogP contribution in [0, 0.1) is 0 Å². The van der Waals surface area contributed by atoms with Crippen molar-refractivity contribution in [3.8, 4) is 0 Å². The van der Waals surface area contributed by atoms with Gasteiger partial charge in [0.2, 0.25) is 0 Å².